The van der Waals surface area contributed by atoms with Crippen LogP contribution in [0.4, 0.5) is 0 Å². The molecule has 0 heterocycles. The van der Waals surface area contributed by atoms with E-state index in [1.54, 1.807) is 0 Å². The van der Waals surface area contributed by atoms with E-state index in [2.05, 4.69) is 0 Å². The molecule has 0 aromatic rings. The molecule has 0 saturated carbocycles. The Morgan fingerprint density at radius 1 is 0.571 bits per heavy atom. The Balaban J connectivity index is -0.00000000222. The summed E-state index contributed by atoms with van der Waals surface area (Å²) in [6.07, 6.45) is 0. The van der Waals surface area contributed by atoms with E-state index in [-0.39, 0.29) is 80.7 Å². The van der Waals surface area contributed by atoms with Crippen molar-refractivity contribution in [3.05, 3.63) is 0 Å². The maximum atomic E-state index is 8.52. The fourth-order valence-corrected chi connectivity index (χ4v) is 0. The van der Waals surface area contributed by atoms with Crippen LogP contribution in [0.5, 0.6) is 0 Å². The molecule has 0 aliphatic carbocycles. The molecule has 0 saturated heterocycles. The fourth-order valence-electron chi connectivity index (χ4n) is 0. The Kier molecular flexibility index (Phi) is 429. The summed E-state index contributed by atoms with van der Waals surface area (Å²) in [6, 6.07) is 0. The van der Waals surface area contributed by atoms with Gasteiger partial charge in [-0.05, 0) is 0 Å². The van der Waals surface area contributed by atoms with E-state index in [4.69, 9.17) is 17.5 Å². The summed E-state index contributed by atoms with van der Waals surface area (Å²) in [6.45, 7) is 0. The molecule has 12 nitrogen and oxygen atoms in total. The Bertz CT molecular complexity index is 93.5. The standard InChI is InChI=1S/Lu.H2O4S.8H2O/c;1-5(2,3)4;;;;;;;;/h;(H2,1,2,3,4);8*1H2/q+3;;;;;;;;;/p-2. The molecule has 0 aliphatic heterocycles. The third-order valence-corrected chi connectivity index (χ3v) is 0. The number of hydrogen-bond acceptors (Lipinski definition) is 4. The normalized spacial score (nSPS) is 4.14. The molecule has 0 atom stereocenters. The van der Waals surface area contributed by atoms with Crippen molar-refractivity contribution in [2.24, 2.45) is 0 Å². The molecular weight excluding hydrogens is 399 g/mol. The topological polar surface area (TPSA) is 332 Å². The van der Waals surface area contributed by atoms with Gasteiger partial charge in [-0.15, -0.1) is 0 Å². The minimum atomic E-state index is -5.17. The maximum Gasteiger partial charge on any atom is 3.00 e. The van der Waals surface area contributed by atoms with Gasteiger partial charge in [-0.2, -0.15) is 0 Å². The number of hydrogen-bond donors (Lipinski definition) is 0. The van der Waals surface area contributed by atoms with Crippen molar-refractivity contribution in [3.63, 3.8) is 0 Å². The van der Waals surface area contributed by atoms with Crippen molar-refractivity contribution in [3.8, 4) is 0 Å². The third-order valence-electron chi connectivity index (χ3n) is 0. The molecule has 0 aromatic carbocycles. The van der Waals surface area contributed by atoms with Crippen LogP contribution in [0, 0.1) is 36.9 Å². The van der Waals surface area contributed by atoms with Crippen molar-refractivity contribution in [2.45, 2.75) is 0 Å². The molecule has 16 N–H and O–H groups in total. The van der Waals surface area contributed by atoms with Gasteiger partial charge >= 0.3 is 36.9 Å². The first-order chi connectivity index (χ1) is 2.00. The van der Waals surface area contributed by atoms with Gasteiger partial charge in [0.05, 0.1) is 0 Å². The third kappa shape index (κ3) is 2890. The van der Waals surface area contributed by atoms with Crippen LogP contribution >= 0.6 is 0 Å². The Hall–Kier alpha value is 0.784. The van der Waals surface area contributed by atoms with Crippen LogP contribution in [0.15, 0.2) is 0 Å². The molecule has 0 rings (SSSR count). The summed E-state index contributed by atoms with van der Waals surface area (Å²) in [5.41, 5.74) is 0. The predicted octanol–water partition coefficient (Wildman–Crippen LogP) is -7.94. The van der Waals surface area contributed by atoms with E-state index >= 15 is 0 Å². The molecule has 14 heteroatoms. The molecule has 0 unspecified atom stereocenters. The first kappa shape index (κ1) is 123. The molecule has 0 aromatic heterocycles. The van der Waals surface area contributed by atoms with E-state index in [1.165, 1.54) is 0 Å². The Labute approximate surface area is 108 Å². The molecule has 0 radical (unpaired) electrons. The van der Waals surface area contributed by atoms with Crippen LogP contribution in [0.25, 0.3) is 0 Å². The monoisotopic (exact) mass is 415 g/mol. The van der Waals surface area contributed by atoms with Crippen molar-refractivity contribution in [1.29, 1.82) is 0 Å². The second-order valence-corrected chi connectivity index (χ2v) is 1.22. The zero-order chi connectivity index (χ0) is 4.50. The average molecular weight is 415 g/mol. The molecule has 0 bridgehead atoms. The van der Waals surface area contributed by atoms with Crippen molar-refractivity contribution in [2.75, 3.05) is 0 Å². The quantitative estimate of drug-likeness (QED) is 0.274. The molecule has 0 fully saturated rings. The zero-order valence-electron chi connectivity index (χ0n) is 6.30. The molecule has 0 spiro atoms. The van der Waals surface area contributed by atoms with E-state index in [0.29, 0.717) is 0 Å². The van der Waals surface area contributed by atoms with Gasteiger partial charge in [0, 0.05) is 10.4 Å². The molecular formula is H16LuO12S+. The first-order valence-electron chi connectivity index (χ1n) is 0.667. The summed E-state index contributed by atoms with van der Waals surface area (Å²) in [5, 5.41) is 0. The van der Waals surface area contributed by atoms with Gasteiger partial charge in [-0.25, -0.2) is 0 Å². The van der Waals surface area contributed by atoms with Gasteiger partial charge in [0.2, 0.25) is 0 Å². The Morgan fingerprint density at radius 3 is 0.571 bits per heavy atom. The van der Waals surface area contributed by atoms with E-state index < -0.39 is 10.4 Å². The summed E-state index contributed by atoms with van der Waals surface area (Å²) in [4.78, 5) is 0. The predicted molar refractivity (Wildman–Crippen MR) is 39.4 cm³/mol. The van der Waals surface area contributed by atoms with E-state index in [0.717, 1.165) is 0 Å². The van der Waals surface area contributed by atoms with Crippen LogP contribution in [0.2, 0.25) is 0 Å². The maximum absolute atomic E-state index is 8.52. The van der Waals surface area contributed by atoms with Crippen LogP contribution in [-0.4, -0.2) is 61.3 Å². The van der Waals surface area contributed by atoms with Crippen LogP contribution in [-0.2, 0) is 10.4 Å². The molecule has 0 amide bonds. The van der Waals surface area contributed by atoms with Crippen LogP contribution in [0.3, 0.4) is 0 Å². The van der Waals surface area contributed by atoms with Gasteiger partial charge in [-0.1, -0.05) is 0 Å². The smallest absolute Gasteiger partial charge is 0.759 e. The van der Waals surface area contributed by atoms with Crippen molar-refractivity contribution in [1.82, 2.24) is 0 Å². The van der Waals surface area contributed by atoms with Crippen LogP contribution in [0.1, 0.15) is 0 Å². The summed E-state index contributed by atoms with van der Waals surface area (Å²) in [5.74, 6) is 0. The Morgan fingerprint density at radius 2 is 0.571 bits per heavy atom. The van der Waals surface area contributed by atoms with Crippen molar-refractivity contribution < 1.29 is 98.2 Å². The minimum absolute atomic E-state index is 0. The molecule has 0 aliphatic rings. The van der Waals surface area contributed by atoms with Gasteiger partial charge < -0.3 is 52.9 Å². The van der Waals surface area contributed by atoms with Gasteiger partial charge in [0.15, 0.2) is 0 Å². The summed E-state index contributed by atoms with van der Waals surface area (Å²) in [7, 11) is -5.17. The van der Waals surface area contributed by atoms with Crippen molar-refractivity contribution >= 4 is 10.4 Å². The fraction of sp³-hybridized carbons (Fsp3) is 0. The van der Waals surface area contributed by atoms with Gasteiger partial charge in [0.25, 0.3) is 0 Å². The van der Waals surface area contributed by atoms with Crippen LogP contribution < -0.4 is 0 Å². The SMILES string of the molecule is O.O.O.O.O.O.O.O.O=S(=O)([O-])[O-].[Lu+3]. The largest absolute Gasteiger partial charge is 3.00 e. The summed E-state index contributed by atoms with van der Waals surface area (Å²) < 4.78 is 34.1. The number of rotatable bonds is 0. The van der Waals surface area contributed by atoms with Gasteiger partial charge in [0.1, 0.15) is 0 Å². The van der Waals surface area contributed by atoms with E-state index in [9.17, 15) is 0 Å². The minimum Gasteiger partial charge on any atom is -0.759 e. The second-order valence-electron chi connectivity index (χ2n) is 0.408. The molecule has 14 heavy (non-hydrogen) atoms. The van der Waals surface area contributed by atoms with Gasteiger partial charge in [-0.3, -0.25) is 8.42 Å². The first-order valence-corrected chi connectivity index (χ1v) is 2.00. The summed E-state index contributed by atoms with van der Waals surface area (Å²) >= 11 is 0. The average Bonchev–Trinajstić information content (AvgIpc) is 0.722. The van der Waals surface area contributed by atoms with E-state index in [1.807, 2.05) is 0 Å². The molecule has 108 valence electrons. The second kappa shape index (κ2) is 48.9. The zero-order valence-corrected chi connectivity index (χ0v) is 8.77.